The van der Waals surface area contributed by atoms with Crippen LogP contribution in [0.4, 0.5) is 0 Å². The molecule has 168 valence electrons. The Morgan fingerprint density at radius 1 is 0.903 bits per heavy atom. The number of amides is 1. The summed E-state index contributed by atoms with van der Waals surface area (Å²) in [7, 11) is 1.59. The monoisotopic (exact) mass is 427 g/mol. The Kier molecular flexibility index (Phi) is 11.0. The van der Waals surface area contributed by atoms with Crippen molar-refractivity contribution in [1.29, 1.82) is 0 Å². The molecule has 0 spiro atoms. The first-order chi connectivity index (χ1) is 15.1. The van der Waals surface area contributed by atoms with Gasteiger partial charge in [0.2, 0.25) is 5.91 Å². The second kappa shape index (κ2) is 14.1. The number of esters is 1. The van der Waals surface area contributed by atoms with E-state index in [1.165, 1.54) is 5.56 Å². The number of hydrogen-bond donors (Lipinski definition) is 1. The highest BCUT2D eigenvalue weighted by molar-refractivity contribution is 5.81. The summed E-state index contributed by atoms with van der Waals surface area (Å²) in [5.74, 6) is 0.796. The third-order valence-electron chi connectivity index (χ3n) is 4.75. The van der Waals surface area contributed by atoms with Gasteiger partial charge in [0.15, 0.2) is 11.5 Å². The molecule has 0 radical (unpaired) electrons. The molecule has 0 aliphatic rings. The SMILES string of the molecule is CCCCOc1ccc(CNC(=O)CCC(=O)OCCCc2ccccc2)cc1OC. The molecular formula is C25H33NO5. The van der Waals surface area contributed by atoms with E-state index in [1.807, 2.05) is 36.4 Å². The van der Waals surface area contributed by atoms with Gasteiger partial charge in [-0.2, -0.15) is 0 Å². The zero-order valence-electron chi connectivity index (χ0n) is 18.5. The van der Waals surface area contributed by atoms with Gasteiger partial charge in [0.05, 0.1) is 26.7 Å². The number of carbonyl (C=O) groups excluding carboxylic acids is 2. The van der Waals surface area contributed by atoms with Crippen LogP contribution in [0.2, 0.25) is 0 Å². The predicted octanol–water partition coefficient (Wildman–Crippen LogP) is 4.45. The van der Waals surface area contributed by atoms with Gasteiger partial charge in [0.25, 0.3) is 0 Å². The Morgan fingerprint density at radius 2 is 1.71 bits per heavy atom. The lowest BCUT2D eigenvalue weighted by molar-refractivity contribution is -0.145. The predicted molar refractivity (Wildman–Crippen MR) is 120 cm³/mol. The fourth-order valence-corrected chi connectivity index (χ4v) is 2.95. The molecule has 0 saturated carbocycles. The van der Waals surface area contributed by atoms with Gasteiger partial charge in [0, 0.05) is 13.0 Å². The van der Waals surface area contributed by atoms with Crippen LogP contribution < -0.4 is 14.8 Å². The molecule has 2 aromatic rings. The van der Waals surface area contributed by atoms with E-state index in [0.717, 1.165) is 31.2 Å². The molecule has 31 heavy (non-hydrogen) atoms. The standard InChI is InChI=1S/C25H33NO5/c1-3-4-16-30-22-13-12-21(18-23(22)29-2)19-26-24(27)14-15-25(28)31-17-8-11-20-9-6-5-7-10-20/h5-7,9-10,12-13,18H,3-4,8,11,14-17,19H2,1-2H3,(H,26,27). The van der Waals surface area contributed by atoms with Gasteiger partial charge in [-0.25, -0.2) is 0 Å². The lowest BCUT2D eigenvalue weighted by Crippen LogP contribution is -2.23. The number of carbonyl (C=O) groups is 2. The molecule has 1 N–H and O–H groups in total. The van der Waals surface area contributed by atoms with Crippen LogP contribution in [0.5, 0.6) is 11.5 Å². The maximum absolute atomic E-state index is 12.1. The van der Waals surface area contributed by atoms with Crippen LogP contribution in [0.15, 0.2) is 48.5 Å². The lowest BCUT2D eigenvalue weighted by Gasteiger charge is -2.12. The van der Waals surface area contributed by atoms with Crippen molar-refractivity contribution in [2.24, 2.45) is 0 Å². The summed E-state index contributed by atoms with van der Waals surface area (Å²) in [6, 6.07) is 15.7. The van der Waals surface area contributed by atoms with Crippen LogP contribution in [0, 0.1) is 0 Å². The molecule has 1 amide bonds. The van der Waals surface area contributed by atoms with Gasteiger partial charge in [-0.1, -0.05) is 49.7 Å². The van der Waals surface area contributed by atoms with E-state index in [2.05, 4.69) is 24.4 Å². The topological polar surface area (TPSA) is 73.9 Å². The number of aryl methyl sites for hydroxylation is 1. The van der Waals surface area contributed by atoms with Crippen molar-refractivity contribution in [2.75, 3.05) is 20.3 Å². The lowest BCUT2D eigenvalue weighted by atomic mass is 10.1. The van der Waals surface area contributed by atoms with Gasteiger partial charge in [-0.3, -0.25) is 9.59 Å². The molecule has 0 aromatic heterocycles. The molecule has 0 aliphatic heterocycles. The van der Waals surface area contributed by atoms with Crippen molar-refractivity contribution in [3.8, 4) is 11.5 Å². The molecule has 0 saturated heterocycles. The van der Waals surface area contributed by atoms with E-state index in [9.17, 15) is 9.59 Å². The number of nitrogens with one attached hydrogen (secondary N) is 1. The number of ether oxygens (including phenoxy) is 3. The minimum absolute atomic E-state index is 0.0741. The van der Waals surface area contributed by atoms with Gasteiger partial charge in [-0.05, 0) is 42.5 Å². The minimum Gasteiger partial charge on any atom is -0.493 e. The van der Waals surface area contributed by atoms with Crippen LogP contribution in [0.3, 0.4) is 0 Å². The zero-order valence-corrected chi connectivity index (χ0v) is 18.5. The molecule has 0 unspecified atom stereocenters. The second-order valence-electron chi connectivity index (χ2n) is 7.27. The largest absolute Gasteiger partial charge is 0.493 e. The van der Waals surface area contributed by atoms with Gasteiger partial charge in [0.1, 0.15) is 0 Å². The molecule has 0 bridgehead atoms. The fourth-order valence-electron chi connectivity index (χ4n) is 2.95. The zero-order chi connectivity index (χ0) is 22.3. The van der Waals surface area contributed by atoms with Gasteiger partial charge in [-0.15, -0.1) is 0 Å². The van der Waals surface area contributed by atoms with Gasteiger partial charge < -0.3 is 19.5 Å². The normalized spacial score (nSPS) is 10.4. The third kappa shape index (κ3) is 9.55. The van der Waals surface area contributed by atoms with Crippen LogP contribution in [-0.4, -0.2) is 32.2 Å². The van der Waals surface area contributed by atoms with Crippen molar-refractivity contribution in [2.45, 2.75) is 52.0 Å². The van der Waals surface area contributed by atoms with Crippen molar-refractivity contribution >= 4 is 11.9 Å². The number of hydrogen-bond acceptors (Lipinski definition) is 5. The summed E-state index contributed by atoms with van der Waals surface area (Å²) < 4.78 is 16.3. The molecule has 0 fully saturated rings. The molecule has 6 nitrogen and oxygen atoms in total. The summed E-state index contributed by atoms with van der Waals surface area (Å²) in [6.07, 6.45) is 3.85. The van der Waals surface area contributed by atoms with E-state index >= 15 is 0 Å². The maximum Gasteiger partial charge on any atom is 0.306 e. The number of rotatable bonds is 14. The van der Waals surface area contributed by atoms with Crippen molar-refractivity contribution < 1.29 is 23.8 Å². The molecule has 6 heteroatoms. The molecule has 2 rings (SSSR count). The molecular weight excluding hydrogens is 394 g/mol. The minimum atomic E-state index is -0.349. The van der Waals surface area contributed by atoms with Crippen LogP contribution in [-0.2, 0) is 27.3 Å². The first-order valence-electron chi connectivity index (χ1n) is 10.9. The Bertz CT molecular complexity index is 807. The summed E-state index contributed by atoms with van der Waals surface area (Å²) >= 11 is 0. The average Bonchev–Trinajstić information content (AvgIpc) is 2.80. The van der Waals surface area contributed by atoms with Crippen LogP contribution >= 0.6 is 0 Å². The van der Waals surface area contributed by atoms with Crippen molar-refractivity contribution in [1.82, 2.24) is 5.32 Å². The molecule has 0 aliphatic carbocycles. The number of unbranched alkanes of at least 4 members (excludes halogenated alkanes) is 1. The van der Waals surface area contributed by atoms with Crippen LogP contribution in [0.1, 0.15) is 50.2 Å². The second-order valence-corrected chi connectivity index (χ2v) is 7.27. The molecule has 0 atom stereocenters. The summed E-state index contributed by atoms with van der Waals surface area (Å²) in [6.45, 7) is 3.47. The van der Waals surface area contributed by atoms with E-state index in [4.69, 9.17) is 14.2 Å². The first kappa shape index (κ1) is 24.3. The average molecular weight is 428 g/mol. The van der Waals surface area contributed by atoms with E-state index < -0.39 is 0 Å². The highest BCUT2D eigenvalue weighted by Crippen LogP contribution is 2.28. The number of benzene rings is 2. The van der Waals surface area contributed by atoms with Gasteiger partial charge >= 0.3 is 5.97 Å². The number of methoxy groups -OCH3 is 1. The maximum atomic E-state index is 12.1. The smallest absolute Gasteiger partial charge is 0.306 e. The highest BCUT2D eigenvalue weighted by atomic mass is 16.5. The Hall–Kier alpha value is -3.02. The molecule has 0 heterocycles. The Morgan fingerprint density at radius 3 is 2.45 bits per heavy atom. The van der Waals surface area contributed by atoms with E-state index in [-0.39, 0.29) is 24.7 Å². The highest BCUT2D eigenvalue weighted by Gasteiger charge is 2.10. The summed E-state index contributed by atoms with van der Waals surface area (Å²) in [5, 5.41) is 2.82. The van der Waals surface area contributed by atoms with Crippen molar-refractivity contribution in [3.63, 3.8) is 0 Å². The summed E-state index contributed by atoms with van der Waals surface area (Å²) in [5.41, 5.74) is 2.12. The molecule has 2 aromatic carbocycles. The fraction of sp³-hybridized carbons (Fsp3) is 0.440. The van der Waals surface area contributed by atoms with Crippen LogP contribution in [0.25, 0.3) is 0 Å². The van der Waals surface area contributed by atoms with E-state index in [1.54, 1.807) is 7.11 Å². The Labute approximate surface area is 184 Å². The quantitative estimate of drug-likeness (QED) is 0.356. The van der Waals surface area contributed by atoms with Crippen molar-refractivity contribution in [3.05, 3.63) is 59.7 Å². The Balaban J connectivity index is 1.64. The van der Waals surface area contributed by atoms with E-state index in [0.29, 0.717) is 31.3 Å². The third-order valence-corrected chi connectivity index (χ3v) is 4.75. The first-order valence-corrected chi connectivity index (χ1v) is 10.9. The summed E-state index contributed by atoms with van der Waals surface area (Å²) in [4.78, 5) is 23.9.